The monoisotopic (exact) mass is 303 g/mol. The van der Waals surface area contributed by atoms with Gasteiger partial charge in [-0.05, 0) is 6.92 Å². The van der Waals surface area contributed by atoms with Gasteiger partial charge >= 0.3 is 5.69 Å². The maximum absolute atomic E-state index is 11.6. The SMILES string of the molecule is Cc1cn(O[C@@H]2O[C@H](CO)[C@@H](O)[C@H](O)[C@H]2O)c(=O)nc1N. The molecule has 0 bridgehead atoms. The fourth-order valence-electron chi connectivity index (χ4n) is 1.88. The van der Waals surface area contributed by atoms with Crippen molar-refractivity contribution in [2.45, 2.75) is 37.6 Å². The number of aryl methyl sites for hydroxylation is 1. The minimum atomic E-state index is -1.62. The molecule has 5 atom stereocenters. The highest BCUT2D eigenvalue weighted by atomic mass is 16.8. The van der Waals surface area contributed by atoms with Crippen molar-refractivity contribution in [2.75, 3.05) is 12.3 Å². The highest BCUT2D eigenvalue weighted by Gasteiger charge is 2.45. The minimum absolute atomic E-state index is 0.0358. The smallest absolute Gasteiger partial charge is 0.382 e. The van der Waals surface area contributed by atoms with E-state index in [1.807, 2.05) is 0 Å². The molecule has 0 unspecified atom stereocenters. The van der Waals surface area contributed by atoms with Gasteiger partial charge in [-0.25, -0.2) is 4.79 Å². The van der Waals surface area contributed by atoms with E-state index in [-0.39, 0.29) is 5.82 Å². The summed E-state index contributed by atoms with van der Waals surface area (Å²) in [5.74, 6) is 0.0358. The summed E-state index contributed by atoms with van der Waals surface area (Å²) >= 11 is 0. The molecule has 21 heavy (non-hydrogen) atoms. The summed E-state index contributed by atoms with van der Waals surface area (Å²) in [5.41, 5.74) is 5.09. The van der Waals surface area contributed by atoms with Gasteiger partial charge in [0.1, 0.15) is 30.2 Å². The van der Waals surface area contributed by atoms with E-state index in [0.717, 1.165) is 0 Å². The van der Waals surface area contributed by atoms with Crippen LogP contribution in [0, 0.1) is 6.92 Å². The molecule has 1 aliphatic rings. The van der Waals surface area contributed by atoms with Crippen LogP contribution in [0.25, 0.3) is 0 Å². The molecule has 0 aromatic carbocycles. The average Bonchev–Trinajstić information content (AvgIpc) is 2.45. The van der Waals surface area contributed by atoms with Crippen LogP contribution in [0.4, 0.5) is 5.82 Å². The summed E-state index contributed by atoms with van der Waals surface area (Å²) in [5, 5.41) is 38.1. The third kappa shape index (κ3) is 2.99. The van der Waals surface area contributed by atoms with Crippen LogP contribution in [0.5, 0.6) is 0 Å². The number of aliphatic hydroxyl groups excluding tert-OH is 4. The summed E-state index contributed by atoms with van der Waals surface area (Å²) in [7, 11) is 0. The predicted octanol–water partition coefficient (Wildman–Crippen LogP) is -3.64. The number of rotatable bonds is 3. The number of nitrogens with two attached hydrogens (primary N) is 1. The number of hydrogen-bond donors (Lipinski definition) is 5. The molecule has 2 heterocycles. The Labute approximate surface area is 118 Å². The van der Waals surface area contributed by atoms with Crippen molar-refractivity contribution in [1.82, 2.24) is 9.71 Å². The first-order valence-corrected chi connectivity index (χ1v) is 6.18. The number of nitrogen functional groups attached to an aromatic ring is 1. The Morgan fingerprint density at radius 3 is 2.67 bits per heavy atom. The van der Waals surface area contributed by atoms with Gasteiger partial charge in [-0.2, -0.15) is 4.98 Å². The van der Waals surface area contributed by atoms with Gasteiger partial charge in [0.2, 0.25) is 0 Å². The highest BCUT2D eigenvalue weighted by molar-refractivity contribution is 5.34. The largest absolute Gasteiger partial charge is 0.394 e. The second-order valence-corrected chi connectivity index (χ2v) is 4.72. The molecule has 10 nitrogen and oxygen atoms in total. The minimum Gasteiger partial charge on any atom is -0.394 e. The van der Waals surface area contributed by atoms with Gasteiger partial charge in [0.15, 0.2) is 0 Å². The topological polar surface area (TPSA) is 160 Å². The van der Waals surface area contributed by atoms with Gasteiger partial charge in [0, 0.05) is 5.56 Å². The van der Waals surface area contributed by atoms with E-state index in [4.69, 9.17) is 20.4 Å². The Morgan fingerprint density at radius 1 is 1.38 bits per heavy atom. The van der Waals surface area contributed by atoms with E-state index in [2.05, 4.69) is 4.98 Å². The second-order valence-electron chi connectivity index (χ2n) is 4.72. The van der Waals surface area contributed by atoms with Gasteiger partial charge in [0.25, 0.3) is 6.29 Å². The Bertz CT molecular complexity index is 561. The molecular weight excluding hydrogens is 286 g/mol. The molecule has 1 aliphatic heterocycles. The van der Waals surface area contributed by atoms with Gasteiger partial charge in [0.05, 0.1) is 12.8 Å². The molecule has 1 aromatic rings. The molecule has 118 valence electrons. The Balaban J connectivity index is 2.22. The number of aliphatic hydroxyl groups is 4. The third-order valence-corrected chi connectivity index (χ3v) is 3.19. The van der Waals surface area contributed by atoms with E-state index < -0.39 is 43.0 Å². The Kier molecular flexibility index (Phi) is 4.44. The van der Waals surface area contributed by atoms with Crippen molar-refractivity contribution < 1.29 is 30.0 Å². The lowest BCUT2D eigenvalue weighted by Crippen LogP contribution is -2.61. The summed E-state index contributed by atoms with van der Waals surface area (Å²) in [4.78, 5) is 20.2. The average molecular weight is 303 g/mol. The summed E-state index contributed by atoms with van der Waals surface area (Å²) in [6.45, 7) is 0.994. The quantitative estimate of drug-likeness (QED) is 0.379. The van der Waals surface area contributed by atoms with Crippen LogP contribution in [0.1, 0.15) is 5.56 Å². The first-order chi connectivity index (χ1) is 9.85. The Morgan fingerprint density at radius 2 is 2.05 bits per heavy atom. The number of ether oxygens (including phenoxy) is 1. The predicted molar refractivity (Wildman–Crippen MR) is 68.0 cm³/mol. The van der Waals surface area contributed by atoms with Gasteiger partial charge in [-0.3, -0.25) is 0 Å². The number of hydrogen-bond acceptors (Lipinski definition) is 9. The molecule has 1 aromatic heterocycles. The number of aromatic nitrogens is 2. The zero-order valence-corrected chi connectivity index (χ0v) is 11.2. The molecule has 0 radical (unpaired) electrons. The van der Waals surface area contributed by atoms with Crippen LogP contribution < -0.4 is 16.3 Å². The van der Waals surface area contributed by atoms with Gasteiger partial charge in [-0.15, -0.1) is 4.73 Å². The van der Waals surface area contributed by atoms with Crippen LogP contribution in [0.3, 0.4) is 0 Å². The molecule has 0 aliphatic carbocycles. The van der Waals surface area contributed by atoms with E-state index in [1.165, 1.54) is 6.20 Å². The van der Waals surface area contributed by atoms with Crippen LogP contribution in [0.2, 0.25) is 0 Å². The van der Waals surface area contributed by atoms with Gasteiger partial charge < -0.3 is 35.7 Å². The summed E-state index contributed by atoms with van der Waals surface area (Å²) < 4.78 is 5.80. The van der Waals surface area contributed by atoms with Crippen molar-refractivity contribution in [3.63, 3.8) is 0 Å². The zero-order chi connectivity index (χ0) is 15.7. The number of nitrogens with zero attached hydrogens (tertiary/aromatic N) is 2. The lowest BCUT2D eigenvalue weighted by Gasteiger charge is -2.39. The highest BCUT2D eigenvalue weighted by Crippen LogP contribution is 2.20. The molecule has 6 N–H and O–H groups in total. The van der Waals surface area contributed by atoms with E-state index in [1.54, 1.807) is 6.92 Å². The fourth-order valence-corrected chi connectivity index (χ4v) is 1.88. The molecular formula is C11H17N3O7. The van der Waals surface area contributed by atoms with Crippen LogP contribution in [-0.4, -0.2) is 67.5 Å². The maximum atomic E-state index is 11.6. The normalized spacial score (nSPS) is 32.9. The van der Waals surface area contributed by atoms with Crippen LogP contribution >= 0.6 is 0 Å². The van der Waals surface area contributed by atoms with E-state index in [0.29, 0.717) is 10.3 Å². The van der Waals surface area contributed by atoms with Crippen molar-refractivity contribution >= 4 is 5.82 Å². The molecule has 10 heteroatoms. The van der Waals surface area contributed by atoms with Crippen molar-refractivity contribution in [1.29, 1.82) is 0 Å². The summed E-state index contributed by atoms with van der Waals surface area (Å²) in [6.07, 6.45) is -6.08. The molecule has 0 saturated carbocycles. The third-order valence-electron chi connectivity index (χ3n) is 3.19. The maximum Gasteiger partial charge on any atom is 0.382 e. The van der Waals surface area contributed by atoms with Gasteiger partial charge in [-0.1, -0.05) is 0 Å². The Hall–Kier alpha value is -1.72. The summed E-state index contributed by atoms with van der Waals surface area (Å²) in [6, 6.07) is 0. The molecule has 1 saturated heterocycles. The van der Waals surface area contributed by atoms with Crippen molar-refractivity contribution in [3.8, 4) is 0 Å². The first-order valence-electron chi connectivity index (χ1n) is 6.18. The molecule has 0 amide bonds. The van der Waals surface area contributed by atoms with E-state index in [9.17, 15) is 20.1 Å². The van der Waals surface area contributed by atoms with Crippen LogP contribution in [-0.2, 0) is 4.74 Å². The molecule has 2 rings (SSSR count). The van der Waals surface area contributed by atoms with Crippen LogP contribution in [0.15, 0.2) is 11.0 Å². The molecule has 1 fully saturated rings. The lowest BCUT2D eigenvalue weighted by molar-refractivity contribution is -0.301. The fraction of sp³-hybridized carbons (Fsp3) is 0.636. The first kappa shape index (κ1) is 15.7. The van der Waals surface area contributed by atoms with E-state index >= 15 is 0 Å². The lowest BCUT2D eigenvalue weighted by atomic mass is 9.99. The zero-order valence-electron chi connectivity index (χ0n) is 11.2. The standard InChI is InChI=1S/C11H17N3O7/c1-4-2-14(11(19)13-9(4)12)21-10-8(18)7(17)6(16)5(3-15)20-10/h2,5-8,10,15-18H,3H2,1H3,(H2,12,13,19)/t5-,6-,7+,8-,10+/m1/s1. The molecule has 0 spiro atoms. The van der Waals surface area contributed by atoms with Crippen molar-refractivity contribution in [3.05, 3.63) is 22.2 Å². The second kappa shape index (κ2) is 5.95. The number of anilines is 1. The van der Waals surface area contributed by atoms with Crippen molar-refractivity contribution in [2.24, 2.45) is 0 Å².